The molecule has 4 rings (SSSR count). The lowest BCUT2D eigenvalue weighted by atomic mass is 9.89. The van der Waals surface area contributed by atoms with Gasteiger partial charge in [0.25, 0.3) is 5.91 Å². The van der Waals surface area contributed by atoms with E-state index < -0.39 is 0 Å². The van der Waals surface area contributed by atoms with Crippen molar-refractivity contribution in [2.24, 2.45) is 0 Å². The second kappa shape index (κ2) is 7.50. The highest BCUT2D eigenvalue weighted by Crippen LogP contribution is 2.32. The number of nitrogens with zero attached hydrogens (tertiary/aromatic N) is 5. The fraction of sp³-hybridized carbons (Fsp3) is 0.381. The quantitative estimate of drug-likeness (QED) is 0.695. The first kappa shape index (κ1) is 18.3. The lowest BCUT2D eigenvalue weighted by molar-refractivity contribution is 0.0706. The SMILES string of the molecule is Cc1nccc(C(=O)N2CCC(c3ccnc(-c4c(C)noc4C)c3)CC2)n1. The van der Waals surface area contributed by atoms with Crippen LogP contribution in [0.4, 0.5) is 0 Å². The maximum atomic E-state index is 12.7. The van der Waals surface area contributed by atoms with Crippen molar-refractivity contribution in [1.29, 1.82) is 0 Å². The van der Waals surface area contributed by atoms with Crippen molar-refractivity contribution in [3.8, 4) is 11.3 Å². The van der Waals surface area contributed by atoms with Gasteiger partial charge < -0.3 is 9.42 Å². The highest BCUT2D eigenvalue weighted by Gasteiger charge is 2.26. The van der Waals surface area contributed by atoms with Gasteiger partial charge >= 0.3 is 0 Å². The Morgan fingerprint density at radius 2 is 1.86 bits per heavy atom. The van der Waals surface area contributed by atoms with E-state index in [1.54, 1.807) is 19.2 Å². The maximum Gasteiger partial charge on any atom is 0.272 e. The molecule has 3 aromatic rings. The Balaban J connectivity index is 1.47. The third-order valence-corrected chi connectivity index (χ3v) is 5.32. The van der Waals surface area contributed by atoms with Gasteiger partial charge in [-0.1, -0.05) is 5.16 Å². The minimum absolute atomic E-state index is 0.0184. The molecule has 1 fully saturated rings. The van der Waals surface area contributed by atoms with E-state index in [-0.39, 0.29) is 5.91 Å². The van der Waals surface area contributed by atoms with Gasteiger partial charge in [-0.25, -0.2) is 9.97 Å². The molecule has 7 heteroatoms. The van der Waals surface area contributed by atoms with E-state index in [2.05, 4.69) is 32.2 Å². The number of amides is 1. The molecule has 0 aromatic carbocycles. The molecule has 3 aromatic heterocycles. The van der Waals surface area contributed by atoms with Gasteiger partial charge in [0.05, 0.1) is 17.0 Å². The molecule has 1 saturated heterocycles. The van der Waals surface area contributed by atoms with Crippen LogP contribution in [0.3, 0.4) is 0 Å². The summed E-state index contributed by atoms with van der Waals surface area (Å²) in [6.45, 7) is 7.07. The molecular weight excluding hydrogens is 354 g/mol. The van der Waals surface area contributed by atoms with Crippen molar-refractivity contribution in [1.82, 2.24) is 25.0 Å². The Morgan fingerprint density at radius 1 is 1.11 bits per heavy atom. The summed E-state index contributed by atoms with van der Waals surface area (Å²) in [5, 5.41) is 4.03. The van der Waals surface area contributed by atoms with Crippen LogP contribution < -0.4 is 0 Å². The van der Waals surface area contributed by atoms with Gasteiger partial charge in [-0.2, -0.15) is 0 Å². The minimum Gasteiger partial charge on any atom is -0.361 e. The van der Waals surface area contributed by atoms with E-state index >= 15 is 0 Å². The van der Waals surface area contributed by atoms with Crippen LogP contribution in [0.25, 0.3) is 11.3 Å². The van der Waals surface area contributed by atoms with Crippen molar-refractivity contribution in [3.63, 3.8) is 0 Å². The molecular formula is C21H23N5O2. The largest absolute Gasteiger partial charge is 0.361 e. The first-order chi connectivity index (χ1) is 13.5. The van der Waals surface area contributed by atoms with Crippen molar-refractivity contribution in [2.45, 2.75) is 39.5 Å². The van der Waals surface area contributed by atoms with E-state index in [0.717, 1.165) is 48.6 Å². The number of hydrogen-bond donors (Lipinski definition) is 0. The Morgan fingerprint density at radius 3 is 2.54 bits per heavy atom. The van der Waals surface area contributed by atoms with E-state index in [1.807, 2.05) is 24.9 Å². The third-order valence-electron chi connectivity index (χ3n) is 5.32. The van der Waals surface area contributed by atoms with Gasteiger partial charge in [0.1, 0.15) is 17.3 Å². The van der Waals surface area contributed by atoms with Crippen LogP contribution in [-0.4, -0.2) is 44.0 Å². The van der Waals surface area contributed by atoms with Crippen LogP contribution in [0.2, 0.25) is 0 Å². The van der Waals surface area contributed by atoms with Gasteiger partial charge in [0, 0.05) is 25.5 Å². The van der Waals surface area contributed by atoms with Crippen LogP contribution in [0.1, 0.15) is 52.1 Å². The van der Waals surface area contributed by atoms with E-state index in [0.29, 0.717) is 17.4 Å². The van der Waals surface area contributed by atoms with Gasteiger partial charge in [-0.15, -0.1) is 0 Å². The highest BCUT2D eigenvalue weighted by atomic mass is 16.5. The number of aryl methyl sites for hydroxylation is 3. The molecule has 0 atom stereocenters. The Labute approximate surface area is 163 Å². The molecule has 1 amide bonds. The molecule has 144 valence electrons. The van der Waals surface area contributed by atoms with Gasteiger partial charge in [0.2, 0.25) is 0 Å². The Hall–Kier alpha value is -3.09. The zero-order chi connectivity index (χ0) is 19.7. The molecule has 0 aliphatic carbocycles. The average molecular weight is 377 g/mol. The summed E-state index contributed by atoms with van der Waals surface area (Å²) >= 11 is 0. The molecule has 4 heterocycles. The Bertz CT molecular complexity index is 986. The zero-order valence-corrected chi connectivity index (χ0v) is 16.3. The molecule has 0 saturated carbocycles. The predicted octanol–water partition coefficient (Wildman–Crippen LogP) is 3.47. The number of likely N-dealkylation sites (tertiary alicyclic amines) is 1. The lowest BCUT2D eigenvalue weighted by Gasteiger charge is -2.32. The van der Waals surface area contributed by atoms with Crippen LogP contribution >= 0.6 is 0 Å². The number of aromatic nitrogens is 4. The first-order valence-corrected chi connectivity index (χ1v) is 9.51. The van der Waals surface area contributed by atoms with Crippen LogP contribution in [0.15, 0.2) is 35.1 Å². The summed E-state index contributed by atoms with van der Waals surface area (Å²) in [5.74, 6) is 1.78. The second-order valence-electron chi connectivity index (χ2n) is 7.23. The topological polar surface area (TPSA) is 85.0 Å². The number of carbonyl (C=O) groups is 1. The Kier molecular flexibility index (Phi) is 4.90. The second-order valence-corrected chi connectivity index (χ2v) is 7.23. The highest BCUT2D eigenvalue weighted by molar-refractivity contribution is 5.92. The van der Waals surface area contributed by atoms with Gasteiger partial charge in [0.15, 0.2) is 0 Å². The summed E-state index contributed by atoms with van der Waals surface area (Å²) in [6, 6.07) is 5.88. The maximum absolute atomic E-state index is 12.7. The normalized spacial score (nSPS) is 15.0. The summed E-state index contributed by atoms with van der Waals surface area (Å²) < 4.78 is 5.28. The monoisotopic (exact) mass is 377 g/mol. The van der Waals surface area contributed by atoms with Crippen LogP contribution in [0, 0.1) is 20.8 Å². The number of hydrogen-bond acceptors (Lipinski definition) is 6. The van der Waals surface area contributed by atoms with E-state index in [4.69, 9.17) is 4.52 Å². The minimum atomic E-state index is -0.0184. The van der Waals surface area contributed by atoms with E-state index in [9.17, 15) is 4.79 Å². The molecule has 0 N–H and O–H groups in total. The zero-order valence-electron chi connectivity index (χ0n) is 16.3. The number of carbonyl (C=O) groups excluding carboxylic acids is 1. The molecule has 0 bridgehead atoms. The van der Waals surface area contributed by atoms with Gasteiger partial charge in [-0.05, 0) is 63.3 Å². The first-order valence-electron chi connectivity index (χ1n) is 9.51. The third kappa shape index (κ3) is 3.52. The lowest BCUT2D eigenvalue weighted by Crippen LogP contribution is -2.38. The molecule has 28 heavy (non-hydrogen) atoms. The molecule has 1 aliphatic heterocycles. The van der Waals surface area contributed by atoms with Crippen molar-refractivity contribution < 1.29 is 9.32 Å². The smallest absolute Gasteiger partial charge is 0.272 e. The fourth-order valence-electron chi connectivity index (χ4n) is 3.84. The molecule has 0 unspecified atom stereocenters. The van der Waals surface area contributed by atoms with Crippen molar-refractivity contribution in [3.05, 3.63) is 59.1 Å². The standard InChI is InChI=1S/C21H23N5O2/c1-13-20(14(2)28-25-13)19-12-17(4-8-23-19)16-6-10-26(11-7-16)21(27)18-5-9-22-15(3)24-18/h4-5,8-9,12,16H,6-7,10-11H2,1-3H3. The van der Waals surface area contributed by atoms with Crippen LogP contribution in [0.5, 0.6) is 0 Å². The molecule has 0 radical (unpaired) electrons. The summed E-state index contributed by atoms with van der Waals surface area (Å²) in [5.41, 5.74) is 4.42. The number of rotatable bonds is 3. The van der Waals surface area contributed by atoms with Crippen LogP contribution in [-0.2, 0) is 0 Å². The average Bonchev–Trinajstić information content (AvgIpc) is 3.06. The molecule has 0 spiro atoms. The summed E-state index contributed by atoms with van der Waals surface area (Å²) in [6.07, 6.45) is 5.31. The fourth-order valence-corrected chi connectivity index (χ4v) is 3.84. The summed E-state index contributed by atoms with van der Waals surface area (Å²) in [7, 11) is 0. The number of piperidine rings is 1. The van der Waals surface area contributed by atoms with Crippen molar-refractivity contribution >= 4 is 5.91 Å². The number of pyridine rings is 1. The molecule has 7 nitrogen and oxygen atoms in total. The molecule has 1 aliphatic rings. The summed E-state index contributed by atoms with van der Waals surface area (Å²) in [4.78, 5) is 27.4. The predicted molar refractivity (Wildman–Crippen MR) is 104 cm³/mol. The van der Waals surface area contributed by atoms with Gasteiger partial charge in [-0.3, -0.25) is 9.78 Å². The van der Waals surface area contributed by atoms with Crippen molar-refractivity contribution in [2.75, 3.05) is 13.1 Å². The van der Waals surface area contributed by atoms with E-state index in [1.165, 1.54) is 5.56 Å².